The number of carbonyl (C=O) groups is 2. The molecule has 1 aromatic carbocycles. The predicted molar refractivity (Wildman–Crippen MR) is 78.7 cm³/mol. The second-order valence-electron chi connectivity index (χ2n) is 5.59. The quantitative estimate of drug-likeness (QED) is 0.786. The summed E-state index contributed by atoms with van der Waals surface area (Å²) in [7, 11) is 1.60. The Labute approximate surface area is 124 Å². The van der Waals surface area contributed by atoms with Crippen LogP contribution in [0.5, 0.6) is 5.75 Å². The molecule has 0 spiro atoms. The molecule has 0 aliphatic carbocycles. The number of nitrogens with one attached hydrogen (secondary N) is 1. The van der Waals surface area contributed by atoms with Crippen LogP contribution in [0.15, 0.2) is 24.3 Å². The number of amides is 2. The maximum absolute atomic E-state index is 12.1. The van der Waals surface area contributed by atoms with Crippen molar-refractivity contribution in [1.82, 2.24) is 10.2 Å². The molecule has 0 saturated carbocycles. The molecule has 6 heteroatoms. The Hall–Kier alpha value is -1.92. The molecule has 1 saturated heterocycles. The van der Waals surface area contributed by atoms with Gasteiger partial charge in [0.25, 0.3) is 0 Å². The molecule has 3 N–H and O–H groups in total. The Morgan fingerprint density at radius 3 is 2.48 bits per heavy atom. The SMILES string of the molecule is COc1ccc(C(CN)N2CC(=O)NC(=O)C2(C)C)cc1. The van der Waals surface area contributed by atoms with E-state index in [-0.39, 0.29) is 24.4 Å². The molecule has 1 unspecified atom stereocenters. The average molecular weight is 291 g/mol. The lowest BCUT2D eigenvalue weighted by molar-refractivity contribution is -0.147. The first-order chi connectivity index (χ1) is 9.90. The standard InChI is InChI=1S/C15H21N3O3/c1-15(2)14(20)17-13(19)9-18(15)12(8-16)10-4-6-11(21-3)7-5-10/h4-7,12H,8-9,16H2,1-3H3,(H,17,19,20). The number of hydrogen-bond donors (Lipinski definition) is 2. The number of methoxy groups -OCH3 is 1. The minimum absolute atomic E-state index is 0.145. The van der Waals surface area contributed by atoms with Crippen LogP contribution in [0.25, 0.3) is 0 Å². The maximum Gasteiger partial charge on any atom is 0.246 e. The van der Waals surface area contributed by atoms with Crippen LogP contribution >= 0.6 is 0 Å². The molecule has 6 nitrogen and oxygen atoms in total. The first-order valence-corrected chi connectivity index (χ1v) is 6.85. The van der Waals surface area contributed by atoms with Gasteiger partial charge in [0.2, 0.25) is 11.8 Å². The van der Waals surface area contributed by atoms with E-state index in [2.05, 4.69) is 5.32 Å². The first-order valence-electron chi connectivity index (χ1n) is 6.85. The number of piperazine rings is 1. The van der Waals surface area contributed by atoms with Crippen molar-refractivity contribution < 1.29 is 14.3 Å². The molecule has 1 aliphatic rings. The van der Waals surface area contributed by atoms with Crippen molar-refractivity contribution in [2.75, 3.05) is 20.2 Å². The molecule has 1 aromatic rings. The Morgan fingerprint density at radius 1 is 1.33 bits per heavy atom. The molecular weight excluding hydrogens is 270 g/mol. The fourth-order valence-corrected chi connectivity index (χ4v) is 2.57. The molecule has 1 atom stereocenters. The summed E-state index contributed by atoms with van der Waals surface area (Å²) in [5.41, 5.74) is 6.06. The van der Waals surface area contributed by atoms with Crippen LogP contribution in [-0.2, 0) is 9.59 Å². The van der Waals surface area contributed by atoms with E-state index in [1.54, 1.807) is 21.0 Å². The van der Waals surface area contributed by atoms with Gasteiger partial charge in [-0.05, 0) is 31.5 Å². The van der Waals surface area contributed by atoms with Crippen molar-refractivity contribution in [3.05, 3.63) is 29.8 Å². The van der Waals surface area contributed by atoms with E-state index in [9.17, 15) is 9.59 Å². The van der Waals surface area contributed by atoms with Gasteiger partial charge in [0.1, 0.15) is 5.75 Å². The number of benzene rings is 1. The van der Waals surface area contributed by atoms with Crippen LogP contribution in [0.4, 0.5) is 0 Å². The molecular formula is C15H21N3O3. The van der Waals surface area contributed by atoms with Gasteiger partial charge < -0.3 is 10.5 Å². The van der Waals surface area contributed by atoms with Crippen molar-refractivity contribution in [2.45, 2.75) is 25.4 Å². The molecule has 1 heterocycles. The van der Waals surface area contributed by atoms with Crippen LogP contribution in [-0.4, -0.2) is 42.5 Å². The average Bonchev–Trinajstić information content (AvgIpc) is 2.46. The van der Waals surface area contributed by atoms with Crippen molar-refractivity contribution in [2.24, 2.45) is 5.73 Å². The van der Waals surface area contributed by atoms with Gasteiger partial charge in [-0.25, -0.2) is 0 Å². The highest BCUT2D eigenvalue weighted by molar-refractivity contribution is 6.03. The maximum atomic E-state index is 12.1. The fourth-order valence-electron chi connectivity index (χ4n) is 2.57. The van der Waals surface area contributed by atoms with E-state index in [0.29, 0.717) is 6.54 Å². The summed E-state index contributed by atoms with van der Waals surface area (Å²) in [4.78, 5) is 25.6. The Kier molecular flexibility index (Phi) is 4.29. The van der Waals surface area contributed by atoms with Crippen molar-refractivity contribution in [1.29, 1.82) is 0 Å². The zero-order chi connectivity index (χ0) is 15.6. The normalized spacial score (nSPS) is 20.0. The Bertz CT molecular complexity index is 540. The van der Waals surface area contributed by atoms with Gasteiger partial charge in [-0.3, -0.25) is 19.8 Å². The first kappa shape index (κ1) is 15.5. The number of ether oxygens (including phenoxy) is 1. The highest BCUT2D eigenvalue weighted by Crippen LogP contribution is 2.30. The van der Waals surface area contributed by atoms with Crippen LogP contribution < -0.4 is 15.8 Å². The number of hydrogen-bond acceptors (Lipinski definition) is 5. The van der Waals surface area contributed by atoms with Gasteiger partial charge in [0.05, 0.1) is 19.2 Å². The molecule has 0 radical (unpaired) electrons. The summed E-state index contributed by atoms with van der Waals surface area (Å²) >= 11 is 0. The molecule has 2 amide bonds. The fraction of sp³-hybridized carbons (Fsp3) is 0.467. The molecule has 114 valence electrons. The summed E-state index contributed by atoms with van der Waals surface area (Å²) in [6.45, 7) is 4.05. The third-order valence-corrected chi connectivity index (χ3v) is 3.94. The second-order valence-corrected chi connectivity index (χ2v) is 5.59. The lowest BCUT2D eigenvalue weighted by Gasteiger charge is -2.44. The topological polar surface area (TPSA) is 84.7 Å². The van der Waals surface area contributed by atoms with Gasteiger partial charge in [-0.2, -0.15) is 0 Å². The van der Waals surface area contributed by atoms with E-state index >= 15 is 0 Å². The van der Waals surface area contributed by atoms with Crippen LogP contribution in [0.3, 0.4) is 0 Å². The van der Waals surface area contributed by atoms with E-state index in [1.807, 2.05) is 29.2 Å². The van der Waals surface area contributed by atoms with Gasteiger partial charge >= 0.3 is 0 Å². The van der Waals surface area contributed by atoms with E-state index < -0.39 is 5.54 Å². The predicted octanol–water partition coefficient (Wildman–Crippen LogP) is 0.432. The molecule has 0 bridgehead atoms. The van der Waals surface area contributed by atoms with Gasteiger partial charge in [0, 0.05) is 12.6 Å². The largest absolute Gasteiger partial charge is 0.497 e. The Morgan fingerprint density at radius 2 is 1.95 bits per heavy atom. The number of nitrogens with two attached hydrogens (primary N) is 1. The van der Waals surface area contributed by atoms with Crippen LogP contribution in [0, 0.1) is 0 Å². The molecule has 2 rings (SSSR count). The molecule has 0 aromatic heterocycles. The van der Waals surface area contributed by atoms with Crippen LogP contribution in [0.1, 0.15) is 25.5 Å². The smallest absolute Gasteiger partial charge is 0.246 e. The third kappa shape index (κ3) is 2.91. The molecule has 21 heavy (non-hydrogen) atoms. The summed E-state index contributed by atoms with van der Waals surface area (Å²) in [5.74, 6) is 0.151. The van der Waals surface area contributed by atoms with Gasteiger partial charge in [0.15, 0.2) is 0 Å². The third-order valence-electron chi connectivity index (χ3n) is 3.94. The lowest BCUT2D eigenvalue weighted by atomic mass is 9.93. The zero-order valence-corrected chi connectivity index (χ0v) is 12.6. The summed E-state index contributed by atoms with van der Waals surface area (Å²) < 4.78 is 5.14. The Balaban J connectivity index is 2.34. The second kappa shape index (κ2) is 5.83. The van der Waals surface area contributed by atoms with Crippen molar-refractivity contribution in [3.63, 3.8) is 0 Å². The monoisotopic (exact) mass is 291 g/mol. The minimum Gasteiger partial charge on any atom is -0.497 e. The van der Waals surface area contributed by atoms with E-state index in [0.717, 1.165) is 11.3 Å². The van der Waals surface area contributed by atoms with Gasteiger partial charge in [-0.15, -0.1) is 0 Å². The summed E-state index contributed by atoms with van der Waals surface area (Å²) in [6, 6.07) is 7.29. The van der Waals surface area contributed by atoms with Crippen molar-refractivity contribution in [3.8, 4) is 5.75 Å². The summed E-state index contributed by atoms with van der Waals surface area (Å²) in [5, 5.41) is 2.37. The highest BCUT2D eigenvalue weighted by Gasteiger charge is 2.44. The molecule has 1 aliphatic heterocycles. The minimum atomic E-state index is -0.794. The number of rotatable bonds is 4. The number of nitrogens with zero attached hydrogens (tertiary/aromatic N) is 1. The number of carbonyl (C=O) groups excluding carboxylic acids is 2. The van der Waals surface area contributed by atoms with E-state index in [4.69, 9.17) is 10.5 Å². The zero-order valence-electron chi connectivity index (χ0n) is 12.6. The van der Waals surface area contributed by atoms with Crippen LogP contribution in [0.2, 0.25) is 0 Å². The van der Waals surface area contributed by atoms with E-state index in [1.165, 1.54) is 0 Å². The van der Waals surface area contributed by atoms with Crippen molar-refractivity contribution >= 4 is 11.8 Å². The highest BCUT2D eigenvalue weighted by atomic mass is 16.5. The lowest BCUT2D eigenvalue weighted by Crippen LogP contribution is -2.65. The van der Waals surface area contributed by atoms with Gasteiger partial charge in [-0.1, -0.05) is 12.1 Å². The number of imide groups is 1. The summed E-state index contributed by atoms with van der Waals surface area (Å²) in [6.07, 6.45) is 0. The molecule has 1 fully saturated rings.